The molecule has 11 heavy (non-hydrogen) atoms. The van der Waals surface area contributed by atoms with Gasteiger partial charge in [-0.1, -0.05) is 12.0 Å². The van der Waals surface area contributed by atoms with Crippen LogP contribution >= 0.6 is 0 Å². The van der Waals surface area contributed by atoms with Crippen LogP contribution in [0.1, 0.15) is 16.7 Å². The van der Waals surface area contributed by atoms with Crippen LogP contribution in [0.5, 0.6) is 0 Å². The molecule has 0 unspecified atom stereocenters. The van der Waals surface area contributed by atoms with Crippen molar-refractivity contribution in [1.29, 1.82) is 0 Å². The van der Waals surface area contributed by atoms with Crippen LogP contribution in [0.25, 0.3) is 0 Å². The molecule has 1 aromatic carbocycles. The maximum absolute atomic E-state index is 3.10. The van der Waals surface area contributed by atoms with Crippen LogP contribution in [0, 0.1) is 25.3 Å². The number of rotatable bonds is 0. The van der Waals surface area contributed by atoms with E-state index in [1.807, 2.05) is 0 Å². The fraction of sp³-hybridized carbons (Fsp3) is 0.200. The van der Waals surface area contributed by atoms with Crippen LogP contribution in [0.15, 0.2) is 18.2 Å². The van der Waals surface area contributed by atoms with Crippen LogP contribution in [-0.4, -0.2) is 10.2 Å². The second-order valence-electron chi connectivity index (χ2n) is 2.75. The summed E-state index contributed by atoms with van der Waals surface area (Å²) in [5, 5.41) is 0. The number of aryl methyl sites for hydroxylation is 2. The van der Waals surface area contributed by atoms with Crippen molar-refractivity contribution in [1.82, 2.24) is 0 Å². The molecule has 1 rings (SSSR count). The molecule has 0 atom stereocenters. The Hall–Kier alpha value is -1.00. The normalized spacial score (nSPS) is 8.91. The molecule has 0 bridgehead atoms. The van der Waals surface area contributed by atoms with Gasteiger partial charge < -0.3 is 0 Å². The fourth-order valence-corrected chi connectivity index (χ4v) is 1.48. The molecule has 0 aromatic heterocycles. The topological polar surface area (TPSA) is 0 Å². The number of benzene rings is 1. The molecule has 1 heteroatoms. The molecule has 0 N–H and O–H groups in total. The van der Waals surface area contributed by atoms with Crippen LogP contribution in [0.2, 0.25) is 0 Å². The first-order valence-electron chi connectivity index (χ1n) is 3.73. The van der Waals surface area contributed by atoms with Gasteiger partial charge in [0.15, 0.2) is 0 Å². The Morgan fingerprint density at radius 3 is 2.09 bits per heavy atom. The van der Waals surface area contributed by atoms with E-state index in [1.165, 1.54) is 11.1 Å². The van der Waals surface area contributed by atoms with Crippen molar-refractivity contribution in [3.63, 3.8) is 0 Å². The average molecular weight is 160 g/mol. The fourth-order valence-electron chi connectivity index (χ4n) is 1.19. The zero-order valence-corrected chi connectivity index (χ0v) is 9.23. The lowest BCUT2D eigenvalue weighted by Crippen LogP contribution is -1.80. The predicted molar refractivity (Wildman–Crippen MR) is 52.7 cm³/mol. The molecule has 0 aliphatic heterocycles. The van der Waals surface area contributed by atoms with Crippen molar-refractivity contribution >= 4 is 10.2 Å². The van der Waals surface area contributed by atoms with E-state index in [4.69, 9.17) is 0 Å². The summed E-state index contributed by atoms with van der Waals surface area (Å²) >= 11 is 0. The van der Waals surface area contributed by atoms with Crippen LogP contribution in [-0.2, 0) is 0 Å². The summed E-state index contributed by atoms with van der Waals surface area (Å²) in [4.78, 5) is 0. The third-order valence-electron chi connectivity index (χ3n) is 1.49. The van der Waals surface area contributed by atoms with E-state index < -0.39 is 0 Å². The molecule has 56 valence electrons. The Morgan fingerprint density at radius 1 is 1.09 bits per heavy atom. The third-order valence-corrected chi connectivity index (χ3v) is 1.74. The van der Waals surface area contributed by atoms with E-state index in [2.05, 4.69) is 43.5 Å². The zero-order chi connectivity index (χ0) is 8.27. The lowest BCUT2D eigenvalue weighted by Gasteiger charge is -1.96. The van der Waals surface area contributed by atoms with Crippen LogP contribution in [0.3, 0.4) is 0 Å². The summed E-state index contributed by atoms with van der Waals surface area (Å²) < 4.78 is 0. The summed E-state index contributed by atoms with van der Waals surface area (Å²) in [6, 6.07) is 6.41. The highest BCUT2D eigenvalue weighted by molar-refractivity contribution is 6.22. The summed E-state index contributed by atoms with van der Waals surface area (Å²) in [5.74, 6) is 3.10. The molecule has 0 fully saturated rings. The van der Waals surface area contributed by atoms with E-state index in [0.717, 1.165) is 15.8 Å². The van der Waals surface area contributed by atoms with Gasteiger partial charge in [0.2, 0.25) is 0 Å². The largest absolute Gasteiger partial charge is 0.138 e. The van der Waals surface area contributed by atoms with E-state index in [1.54, 1.807) is 0 Å². The highest BCUT2D eigenvalue weighted by Gasteiger charge is 1.90. The molecule has 1 aromatic rings. The van der Waals surface area contributed by atoms with Gasteiger partial charge in [-0.3, -0.25) is 0 Å². The van der Waals surface area contributed by atoms with Crippen molar-refractivity contribution in [2.24, 2.45) is 0 Å². The summed E-state index contributed by atoms with van der Waals surface area (Å²) in [6.45, 7) is 4.20. The van der Waals surface area contributed by atoms with Gasteiger partial charge in [-0.25, -0.2) is 0 Å². The van der Waals surface area contributed by atoms with Crippen molar-refractivity contribution < 1.29 is 0 Å². The Balaban J connectivity index is 3.15. The predicted octanol–water partition coefficient (Wildman–Crippen LogP) is 0.978. The zero-order valence-electron chi connectivity index (χ0n) is 7.23. The van der Waals surface area contributed by atoms with Crippen molar-refractivity contribution in [2.75, 3.05) is 0 Å². The molecular formula is C10H12Si. The minimum atomic E-state index is 0.959. The maximum Gasteiger partial charge on any atom is 0.0911 e. The van der Waals surface area contributed by atoms with E-state index in [0.29, 0.717) is 0 Å². The first-order chi connectivity index (χ1) is 5.22. The molecule has 0 nitrogen and oxygen atoms in total. The van der Waals surface area contributed by atoms with E-state index in [9.17, 15) is 0 Å². The Labute approximate surface area is 71.1 Å². The van der Waals surface area contributed by atoms with Crippen LogP contribution < -0.4 is 0 Å². The summed E-state index contributed by atoms with van der Waals surface area (Å²) in [5.41, 5.74) is 6.77. The Bertz CT molecular complexity index is 295. The number of hydrogen-bond acceptors (Lipinski definition) is 0. The lowest BCUT2D eigenvalue weighted by atomic mass is 10.1. The average Bonchev–Trinajstić information content (AvgIpc) is 1.85. The SMILES string of the molecule is Cc1cc(C)cc(C#C[SiH3])c1. The highest BCUT2D eigenvalue weighted by atomic mass is 28.1. The molecular weight excluding hydrogens is 148 g/mol. The summed E-state index contributed by atoms with van der Waals surface area (Å²) in [6.07, 6.45) is 0. The standard InChI is InChI=1S/C10H12Si/c1-8-5-9(2)7-10(6-8)3-4-11/h5-7H,1-2,11H3. The van der Waals surface area contributed by atoms with Crippen LogP contribution in [0.4, 0.5) is 0 Å². The first-order valence-corrected chi connectivity index (χ1v) is 4.73. The van der Waals surface area contributed by atoms with Gasteiger partial charge in [0, 0.05) is 5.56 Å². The van der Waals surface area contributed by atoms with Gasteiger partial charge in [-0.05, 0) is 37.1 Å². The molecule has 0 radical (unpaired) electrons. The third kappa shape index (κ3) is 2.25. The Kier molecular flexibility index (Phi) is 2.51. The van der Waals surface area contributed by atoms with Gasteiger partial charge in [0.25, 0.3) is 0 Å². The Morgan fingerprint density at radius 2 is 1.64 bits per heavy atom. The molecule has 0 amide bonds. The smallest absolute Gasteiger partial charge is 0.0911 e. The van der Waals surface area contributed by atoms with Gasteiger partial charge >= 0.3 is 0 Å². The molecule has 0 saturated heterocycles. The monoisotopic (exact) mass is 160 g/mol. The van der Waals surface area contributed by atoms with Crippen molar-refractivity contribution in [2.45, 2.75) is 13.8 Å². The second kappa shape index (κ2) is 3.41. The first kappa shape index (κ1) is 8.10. The van der Waals surface area contributed by atoms with Gasteiger partial charge in [0.1, 0.15) is 0 Å². The molecule has 0 spiro atoms. The van der Waals surface area contributed by atoms with Gasteiger partial charge in [-0.2, -0.15) is 0 Å². The molecule has 0 saturated carbocycles. The summed E-state index contributed by atoms with van der Waals surface area (Å²) in [7, 11) is 0.959. The van der Waals surface area contributed by atoms with Crippen molar-refractivity contribution in [3.8, 4) is 11.5 Å². The maximum atomic E-state index is 3.10. The lowest BCUT2D eigenvalue weighted by molar-refractivity contribution is 1.37. The molecule has 0 aliphatic rings. The minimum absolute atomic E-state index is 0.959. The van der Waals surface area contributed by atoms with E-state index >= 15 is 0 Å². The van der Waals surface area contributed by atoms with E-state index in [-0.39, 0.29) is 0 Å². The van der Waals surface area contributed by atoms with Gasteiger partial charge in [0.05, 0.1) is 10.2 Å². The quantitative estimate of drug-likeness (QED) is 0.392. The highest BCUT2D eigenvalue weighted by Crippen LogP contribution is 2.06. The minimum Gasteiger partial charge on any atom is -0.138 e. The molecule has 0 aliphatic carbocycles. The number of hydrogen-bond donors (Lipinski definition) is 0. The van der Waals surface area contributed by atoms with Crippen molar-refractivity contribution in [3.05, 3.63) is 34.9 Å². The van der Waals surface area contributed by atoms with Gasteiger partial charge in [-0.15, -0.1) is 5.54 Å². The molecule has 0 heterocycles. The second-order valence-corrected chi connectivity index (χ2v) is 3.25.